The maximum Gasteiger partial charge on any atom is 0.171 e. The Balaban J connectivity index is 2.92. The number of hydrogen-bond acceptors (Lipinski definition) is 1. The molecule has 2 nitrogen and oxygen atoms in total. The molecule has 0 radical (unpaired) electrons. The highest BCUT2D eigenvalue weighted by atomic mass is 32.1. The Labute approximate surface area is 123 Å². The van der Waals surface area contributed by atoms with Gasteiger partial charge >= 0.3 is 0 Å². The molecule has 0 atom stereocenters. The topological polar surface area (TPSA) is 24.1 Å². The second kappa shape index (κ2) is 5.91. The number of anilines is 1. The highest BCUT2D eigenvalue weighted by molar-refractivity contribution is 7.80. The minimum absolute atomic E-state index is 0.0229. The van der Waals surface area contributed by atoms with Crippen molar-refractivity contribution in [3.05, 3.63) is 28.8 Å². The predicted molar refractivity (Wildman–Crippen MR) is 89.1 cm³/mol. The van der Waals surface area contributed by atoms with Crippen molar-refractivity contribution in [3.63, 3.8) is 0 Å². The Morgan fingerprint density at radius 1 is 1.11 bits per heavy atom. The van der Waals surface area contributed by atoms with Gasteiger partial charge < -0.3 is 10.6 Å². The lowest BCUT2D eigenvalue weighted by Gasteiger charge is -2.24. The molecule has 0 saturated heterocycles. The lowest BCUT2D eigenvalue weighted by Crippen LogP contribution is -2.43. The fourth-order valence-corrected chi connectivity index (χ4v) is 2.51. The first-order valence-corrected chi connectivity index (χ1v) is 7.22. The van der Waals surface area contributed by atoms with E-state index in [-0.39, 0.29) is 5.54 Å². The average molecular weight is 278 g/mol. The van der Waals surface area contributed by atoms with Crippen molar-refractivity contribution in [2.75, 3.05) is 5.32 Å². The van der Waals surface area contributed by atoms with E-state index in [2.05, 4.69) is 71.2 Å². The maximum atomic E-state index is 5.35. The van der Waals surface area contributed by atoms with E-state index in [9.17, 15) is 0 Å². The van der Waals surface area contributed by atoms with Crippen molar-refractivity contribution in [2.45, 2.75) is 59.9 Å². The van der Waals surface area contributed by atoms with Gasteiger partial charge in [-0.05, 0) is 75.5 Å². The molecule has 0 unspecified atom stereocenters. The molecule has 2 N–H and O–H groups in total. The van der Waals surface area contributed by atoms with Crippen molar-refractivity contribution in [1.29, 1.82) is 0 Å². The third-order valence-electron chi connectivity index (χ3n) is 3.19. The fourth-order valence-electron chi connectivity index (χ4n) is 2.10. The van der Waals surface area contributed by atoms with Gasteiger partial charge in [-0.15, -0.1) is 0 Å². The van der Waals surface area contributed by atoms with Crippen LogP contribution in [0.15, 0.2) is 12.1 Å². The van der Waals surface area contributed by atoms with Crippen molar-refractivity contribution < 1.29 is 0 Å². The molecule has 3 heteroatoms. The SMILES string of the molecule is Cc1c(NC(=S)NC(C)(C)C)ccc(C(C)C)c1C. The van der Waals surface area contributed by atoms with Gasteiger partial charge in [-0.1, -0.05) is 19.9 Å². The summed E-state index contributed by atoms with van der Waals surface area (Å²) in [6.07, 6.45) is 0. The third kappa shape index (κ3) is 4.50. The Morgan fingerprint density at radius 2 is 1.68 bits per heavy atom. The molecule has 1 rings (SSSR count). The normalized spacial score (nSPS) is 11.6. The molecule has 0 aromatic heterocycles. The van der Waals surface area contributed by atoms with Gasteiger partial charge in [0, 0.05) is 11.2 Å². The average Bonchev–Trinajstić information content (AvgIpc) is 2.21. The summed E-state index contributed by atoms with van der Waals surface area (Å²) < 4.78 is 0. The Morgan fingerprint density at radius 3 is 2.16 bits per heavy atom. The van der Waals surface area contributed by atoms with Gasteiger partial charge in [0.05, 0.1) is 0 Å². The Hall–Kier alpha value is -1.09. The number of hydrogen-bond donors (Lipinski definition) is 2. The summed E-state index contributed by atoms with van der Waals surface area (Å²) in [5.41, 5.74) is 5.08. The molecule has 0 aliphatic carbocycles. The minimum Gasteiger partial charge on any atom is -0.358 e. The largest absolute Gasteiger partial charge is 0.358 e. The summed E-state index contributed by atoms with van der Waals surface area (Å²) in [5, 5.41) is 7.24. The van der Waals surface area contributed by atoms with Gasteiger partial charge in [-0.2, -0.15) is 0 Å². The zero-order valence-corrected chi connectivity index (χ0v) is 14.0. The molecule has 106 valence electrons. The lowest BCUT2D eigenvalue weighted by atomic mass is 9.94. The van der Waals surface area contributed by atoms with Crippen LogP contribution in [0, 0.1) is 13.8 Å². The van der Waals surface area contributed by atoms with Crippen LogP contribution in [-0.2, 0) is 0 Å². The molecule has 19 heavy (non-hydrogen) atoms. The lowest BCUT2D eigenvalue weighted by molar-refractivity contribution is 0.515. The van der Waals surface area contributed by atoms with Crippen molar-refractivity contribution in [3.8, 4) is 0 Å². The van der Waals surface area contributed by atoms with Crippen LogP contribution in [0.5, 0.6) is 0 Å². The summed E-state index contributed by atoms with van der Waals surface area (Å²) in [6, 6.07) is 4.31. The van der Waals surface area contributed by atoms with Gasteiger partial charge in [-0.25, -0.2) is 0 Å². The highest BCUT2D eigenvalue weighted by Crippen LogP contribution is 2.27. The van der Waals surface area contributed by atoms with Crippen LogP contribution in [0.25, 0.3) is 0 Å². The van der Waals surface area contributed by atoms with E-state index >= 15 is 0 Å². The first-order chi connectivity index (χ1) is 8.61. The summed E-state index contributed by atoms with van der Waals surface area (Å²) in [4.78, 5) is 0. The molecule has 0 bridgehead atoms. The van der Waals surface area contributed by atoms with E-state index in [1.54, 1.807) is 0 Å². The van der Waals surface area contributed by atoms with E-state index in [1.165, 1.54) is 16.7 Å². The van der Waals surface area contributed by atoms with Gasteiger partial charge in [0.1, 0.15) is 0 Å². The van der Waals surface area contributed by atoms with E-state index in [1.807, 2.05) is 0 Å². The van der Waals surface area contributed by atoms with E-state index in [4.69, 9.17) is 12.2 Å². The molecule has 1 aromatic carbocycles. The molecule has 0 saturated carbocycles. The Kier molecular flexibility index (Phi) is 4.97. The number of nitrogens with one attached hydrogen (secondary N) is 2. The molecular formula is C16H26N2S. The van der Waals surface area contributed by atoms with E-state index in [0.29, 0.717) is 11.0 Å². The number of benzene rings is 1. The summed E-state index contributed by atoms with van der Waals surface area (Å²) >= 11 is 5.35. The van der Waals surface area contributed by atoms with Gasteiger partial charge in [-0.3, -0.25) is 0 Å². The Bertz CT molecular complexity index is 470. The van der Waals surface area contributed by atoms with Crippen molar-refractivity contribution >= 4 is 23.0 Å². The van der Waals surface area contributed by atoms with Crippen LogP contribution < -0.4 is 10.6 Å². The monoisotopic (exact) mass is 278 g/mol. The molecule has 1 aromatic rings. The fraction of sp³-hybridized carbons (Fsp3) is 0.562. The zero-order chi connectivity index (χ0) is 14.8. The molecule has 0 aliphatic heterocycles. The van der Waals surface area contributed by atoms with Gasteiger partial charge in [0.25, 0.3) is 0 Å². The van der Waals surface area contributed by atoms with Crippen LogP contribution in [0.2, 0.25) is 0 Å². The minimum atomic E-state index is -0.0229. The van der Waals surface area contributed by atoms with E-state index in [0.717, 1.165) is 5.69 Å². The molecule has 0 aliphatic rings. The van der Waals surface area contributed by atoms with Crippen LogP contribution in [0.3, 0.4) is 0 Å². The second-order valence-electron chi connectivity index (χ2n) is 6.44. The van der Waals surface area contributed by atoms with Crippen LogP contribution in [-0.4, -0.2) is 10.7 Å². The first-order valence-electron chi connectivity index (χ1n) is 6.81. The quantitative estimate of drug-likeness (QED) is 0.778. The predicted octanol–water partition coefficient (Wildman–Crippen LogP) is 4.51. The number of rotatable bonds is 2. The van der Waals surface area contributed by atoms with Crippen LogP contribution in [0.4, 0.5) is 5.69 Å². The molecule has 0 spiro atoms. The molecule has 0 heterocycles. The maximum absolute atomic E-state index is 5.35. The van der Waals surface area contributed by atoms with Gasteiger partial charge in [0.2, 0.25) is 0 Å². The zero-order valence-electron chi connectivity index (χ0n) is 13.1. The molecular weight excluding hydrogens is 252 g/mol. The summed E-state index contributed by atoms with van der Waals surface area (Å²) in [6.45, 7) is 15.1. The first kappa shape index (κ1) is 16.0. The summed E-state index contributed by atoms with van der Waals surface area (Å²) in [5.74, 6) is 0.549. The van der Waals surface area contributed by atoms with Crippen molar-refractivity contribution in [2.24, 2.45) is 0 Å². The molecule has 0 fully saturated rings. The number of thiocarbonyl (C=S) groups is 1. The summed E-state index contributed by atoms with van der Waals surface area (Å²) in [7, 11) is 0. The standard InChI is InChI=1S/C16H26N2S/c1-10(2)13-8-9-14(12(4)11(13)3)17-15(19)18-16(5,6)7/h8-10H,1-7H3,(H2,17,18,19). The van der Waals surface area contributed by atoms with Crippen LogP contribution >= 0.6 is 12.2 Å². The third-order valence-corrected chi connectivity index (χ3v) is 3.39. The smallest absolute Gasteiger partial charge is 0.171 e. The molecule has 0 amide bonds. The van der Waals surface area contributed by atoms with Gasteiger partial charge in [0.15, 0.2) is 5.11 Å². The van der Waals surface area contributed by atoms with E-state index < -0.39 is 0 Å². The van der Waals surface area contributed by atoms with Crippen LogP contribution in [0.1, 0.15) is 57.2 Å². The highest BCUT2D eigenvalue weighted by Gasteiger charge is 2.13. The van der Waals surface area contributed by atoms with Crippen molar-refractivity contribution in [1.82, 2.24) is 5.32 Å². The second-order valence-corrected chi connectivity index (χ2v) is 6.84.